The van der Waals surface area contributed by atoms with Gasteiger partial charge in [0.2, 0.25) is 10.0 Å². The van der Waals surface area contributed by atoms with E-state index in [0.717, 1.165) is 0 Å². The van der Waals surface area contributed by atoms with Gasteiger partial charge in [-0.25, -0.2) is 17.5 Å². The van der Waals surface area contributed by atoms with Crippen molar-refractivity contribution in [2.45, 2.75) is 36.3 Å². The average molecular weight is 408 g/mol. The normalized spacial score (nSPS) is 19.4. The molecule has 1 aliphatic rings. The largest absolute Gasteiger partial charge is 0.496 e. The van der Waals surface area contributed by atoms with E-state index in [1.165, 1.54) is 49.6 Å². The van der Waals surface area contributed by atoms with Crippen LogP contribution in [0.25, 0.3) is 0 Å². The molecule has 1 fully saturated rings. The molecule has 3 N–H and O–H groups in total. The summed E-state index contributed by atoms with van der Waals surface area (Å²) in [6, 6.07) is 8.82. The van der Waals surface area contributed by atoms with Crippen molar-refractivity contribution in [2.75, 3.05) is 12.4 Å². The molecule has 1 amide bonds. The van der Waals surface area contributed by atoms with Crippen LogP contribution in [0, 0.1) is 5.82 Å². The first-order valence-corrected chi connectivity index (χ1v) is 10.2. The number of ether oxygens (including phenoxy) is 1. The maximum atomic E-state index is 13.0. The van der Waals surface area contributed by atoms with Crippen molar-refractivity contribution in [1.82, 2.24) is 4.72 Å². The van der Waals surface area contributed by atoms with E-state index < -0.39 is 27.9 Å². The third kappa shape index (κ3) is 4.67. The molecule has 150 valence electrons. The van der Waals surface area contributed by atoms with Gasteiger partial charge in [0, 0.05) is 11.7 Å². The molecule has 0 bridgehead atoms. The van der Waals surface area contributed by atoms with Gasteiger partial charge in [-0.2, -0.15) is 0 Å². The van der Waals surface area contributed by atoms with Gasteiger partial charge in [0.25, 0.3) is 5.91 Å². The fourth-order valence-electron chi connectivity index (χ4n) is 3.12. The van der Waals surface area contributed by atoms with E-state index in [9.17, 15) is 22.7 Å². The first kappa shape index (κ1) is 20.2. The number of benzene rings is 2. The minimum atomic E-state index is -3.87. The summed E-state index contributed by atoms with van der Waals surface area (Å²) in [5.74, 6) is -0.821. The number of hydrogen-bond donors (Lipinski definition) is 3. The molecule has 0 unspecified atom stereocenters. The summed E-state index contributed by atoms with van der Waals surface area (Å²) in [4.78, 5) is 12.5. The van der Waals surface area contributed by atoms with Crippen LogP contribution in [0.1, 0.15) is 29.6 Å². The lowest BCUT2D eigenvalue weighted by Gasteiger charge is -2.15. The van der Waals surface area contributed by atoms with Crippen molar-refractivity contribution in [3.63, 3.8) is 0 Å². The molecule has 1 saturated carbocycles. The van der Waals surface area contributed by atoms with E-state index in [2.05, 4.69) is 10.0 Å². The molecule has 2 aromatic rings. The molecule has 0 radical (unpaired) electrons. The van der Waals surface area contributed by atoms with Crippen LogP contribution in [0.5, 0.6) is 5.75 Å². The second kappa shape index (κ2) is 8.26. The molecule has 0 aliphatic heterocycles. The van der Waals surface area contributed by atoms with Crippen LogP contribution in [-0.2, 0) is 10.0 Å². The Morgan fingerprint density at radius 3 is 2.50 bits per heavy atom. The summed E-state index contributed by atoms with van der Waals surface area (Å²) in [7, 11) is -2.50. The molecular weight excluding hydrogens is 387 g/mol. The molecule has 0 spiro atoms. The van der Waals surface area contributed by atoms with Gasteiger partial charge < -0.3 is 15.2 Å². The Morgan fingerprint density at radius 2 is 1.89 bits per heavy atom. The summed E-state index contributed by atoms with van der Waals surface area (Å²) < 4.78 is 46.1. The highest BCUT2D eigenvalue weighted by Crippen LogP contribution is 2.26. The highest BCUT2D eigenvalue weighted by atomic mass is 32.2. The number of rotatable bonds is 6. The molecule has 0 heterocycles. The lowest BCUT2D eigenvalue weighted by molar-refractivity contribution is 0.102. The Morgan fingerprint density at radius 1 is 1.18 bits per heavy atom. The molecule has 9 heteroatoms. The topological polar surface area (TPSA) is 105 Å². The third-order valence-corrected chi connectivity index (χ3v) is 6.07. The Labute approximate surface area is 162 Å². The van der Waals surface area contributed by atoms with E-state index in [1.54, 1.807) is 0 Å². The average Bonchev–Trinajstić information content (AvgIpc) is 3.07. The van der Waals surface area contributed by atoms with Crippen LogP contribution >= 0.6 is 0 Å². The number of methoxy groups -OCH3 is 1. The number of anilines is 1. The van der Waals surface area contributed by atoms with Gasteiger partial charge in [-0.1, -0.05) is 0 Å². The monoisotopic (exact) mass is 408 g/mol. The number of hydrogen-bond acceptors (Lipinski definition) is 5. The summed E-state index contributed by atoms with van der Waals surface area (Å²) in [5.41, 5.74) is 0.390. The molecule has 0 aromatic heterocycles. The fourth-order valence-corrected chi connectivity index (χ4v) is 4.42. The van der Waals surface area contributed by atoms with Gasteiger partial charge in [-0.3, -0.25) is 4.79 Å². The van der Waals surface area contributed by atoms with Crippen LogP contribution in [-0.4, -0.2) is 38.7 Å². The number of carbonyl (C=O) groups is 1. The van der Waals surface area contributed by atoms with Crippen molar-refractivity contribution >= 4 is 21.6 Å². The molecule has 1 aliphatic carbocycles. The minimum Gasteiger partial charge on any atom is -0.496 e. The van der Waals surface area contributed by atoms with E-state index >= 15 is 0 Å². The lowest BCUT2D eigenvalue weighted by Crippen LogP contribution is -2.33. The maximum absolute atomic E-state index is 13.0. The highest BCUT2D eigenvalue weighted by molar-refractivity contribution is 7.89. The maximum Gasteiger partial charge on any atom is 0.259 e. The van der Waals surface area contributed by atoms with E-state index in [-0.39, 0.29) is 22.3 Å². The third-order valence-electron chi connectivity index (χ3n) is 4.55. The van der Waals surface area contributed by atoms with Crippen LogP contribution in [0.4, 0.5) is 10.1 Å². The van der Waals surface area contributed by atoms with E-state index in [4.69, 9.17) is 4.74 Å². The molecule has 2 aromatic carbocycles. The molecule has 3 rings (SSSR count). The fraction of sp³-hybridized carbons (Fsp3) is 0.316. The zero-order valence-electron chi connectivity index (χ0n) is 15.2. The standard InChI is InChI=1S/C19H21FN2O5S/c1-27-18-9-8-16(28(25,26)22-14-6-7-15(23)10-14)11-17(18)19(24)21-13-4-2-12(20)3-5-13/h2-5,8-9,11,14-15,22-23H,6-7,10H2,1H3,(H,21,24)/t14-,15+/m1/s1. The zero-order chi connectivity index (χ0) is 20.3. The second-order valence-corrected chi connectivity index (χ2v) is 8.32. The summed E-state index contributed by atoms with van der Waals surface area (Å²) in [6.45, 7) is 0. The van der Waals surface area contributed by atoms with Crippen molar-refractivity contribution in [1.29, 1.82) is 0 Å². The van der Waals surface area contributed by atoms with Gasteiger partial charge in [-0.05, 0) is 61.7 Å². The Bertz CT molecular complexity index is 963. The number of nitrogens with one attached hydrogen (secondary N) is 2. The van der Waals surface area contributed by atoms with Crippen LogP contribution in [0.15, 0.2) is 47.4 Å². The van der Waals surface area contributed by atoms with Crippen molar-refractivity contribution in [2.24, 2.45) is 0 Å². The Balaban J connectivity index is 1.84. The number of amides is 1. The van der Waals surface area contributed by atoms with E-state index in [1.807, 2.05) is 0 Å². The van der Waals surface area contributed by atoms with Gasteiger partial charge in [-0.15, -0.1) is 0 Å². The van der Waals surface area contributed by atoms with Gasteiger partial charge in [0.15, 0.2) is 0 Å². The smallest absolute Gasteiger partial charge is 0.259 e. The van der Waals surface area contributed by atoms with Crippen molar-refractivity contribution in [3.05, 3.63) is 53.8 Å². The molecule has 2 atom stereocenters. The van der Waals surface area contributed by atoms with Gasteiger partial charge >= 0.3 is 0 Å². The summed E-state index contributed by atoms with van der Waals surface area (Å²) in [6.07, 6.45) is 0.934. The minimum absolute atomic E-state index is 0.0288. The number of aliphatic hydroxyl groups is 1. The lowest BCUT2D eigenvalue weighted by atomic mass is 10.2. The molecule has 7 nitrogen and oxygen atoms in total. The van der Waals surface area contributed by atoms with Crippen LogP contribution in [0.2, 0.25) is 0 Å². The van der Waals surface area contributed by atoms with Crippen LogP contribution < -0.4 is 14.8 Å². The second-order valence-electron chi connectivity index (χ2n) is 6.61. The predicted molar refractivity (Wildman–Crippen MR) is 101 cm³/mol. The highest BCUT2D eigenvalue weighted by Gasteiger charge is 2.28. The summed E-state index contributed by atoms with van der Waals surface area (Å²) in [5, 5.41) is 12.2. The number of carbonyl (C=O) groups excluding carboxylic acids is 1. The first-order valence-electron chi connectivity index (χ1n) is 8.74. The molecule has 0 saturated heterocycles. The zero-order valence-corrected chi connectivity index (χ0v) is 16.0. The summed E-state index contributed by atoms with van der Waals surface area (Å²) >= 11 is 0. The Hall–Kier alpha value is -2.49. The van der Waals surface area contributed by atoms with Gasteiger partial charge in [0.05, 0.1) is 23.7 Å². The Kier molecular flexibility index (Phi) is 5.97. The number of halogens is 1. The van der Waals surface area contributed by atoms with Gasteiger partial charge in [0.1, 0.15) is 11.6 Å². The SMILES string of the molecule is COc1ccc(S(=O)(=O)N[C@@H]2CC[C@H](O)C2)cc1C(=O)Nc1ccc(F)cc1. The van der Waals surface area contributed by atoms with Crippen molar-refractivity contribution in [3.8, 4) is 5.75 Å². The van der Waals surface area contributed by atoms with Crippen molar-refractivity contribution < 1.29 is 27.4 Å². The predicted octanol–water partition coefficient (Wildman–Crippen LogP) is 2.28. The van der Waals surface area contributed by atoms with E-state index in [0.29, 0.717) is 24.9 Å². The van der Waals surface area contributed by atoms with Crippen LogP contribution in [0.3, 0.4) is 0 Å². The molecule has 28 heavy (non-hydrogen) atoms. The molecular formula is C19H21FN2O5S. The number of sulfonamides is 1. The number of aliphatic hydroxyl groups excluding tert-OH is 1. The first-order chi connectivity index (χ1) is 13.3. The quantitative estimate of drug-likeness (QED) is 0.680.